The maximum Gasteiger partial charge on any atom is 0.262 e. The SMILES string of the molecule is CC(=O)NC(=O)C1=C(O)[C@@H](N(C)C)[C@@H]2C[C@@H]3Cc4c(N(C)C)cc(NC(=O)CNC(C)(C)C)c(O)c4C(O)(O)C3=C(O)[C@]2(O)C1(O)O. The summed E-state index contributed by atoms with van der Waals surface area (Å²) in [6.45, 7) is 6.36. The second-order valence-corrected chi connectivity index (χ2v) is 14.0. The lowest BCUT2D eigenvalue weighted by Crippen LogP contribution is -2.72. The fourth-order valence-electron chi connectivity index (χ4n) is 7.09. The summed E-state index contributed by atoms with van der Waals surface area (Å²) < 4.78 is 0. The number of carbonyl (C=O) groups is 3. The van der Waals surface area contributed by atoms with E-state index in [1.54, 1.807) is 19.0 Å². The van der Waals surface area contributed by atoms with Crippen molar-refractivity contribution in [3.05, 3.63) is 39.9 Å². The van der Waals surface area contributed by atoms with Crippen LogP contribution in [0.3, 0.4) is 0 Å². The van der Waals surface area contributed by atoms with Crippen molar-refractivity contribution in [3.8, 4) is 5.75 Å². The van der Waals surface area contributed by atoms with Crippen molar-refractivity contribution in [1.29, 1.82) is 0 Å². The fraction of sp³-hybridized carbons (Fsp3) is 0.581. The van der Waals surface area contributed by atoms with Gasteiger partial charge in [-0.1, -0.05) is 0 Å². The van der Waals surface area contributed by atoms with Gasteiger partial charge in [-0.2, -0.15) is 0 Å². The van der Waals surface area contributed by atoms with E-state index in [1.807, 2.05) is 26.1 Å². The lowest BCUT2D eigenvalue weighted by molar-refractivity contribution is -0.286. The van der Waals surface area contributed by atoms with Gasteiger partial charge < -0.3 is 56.4 Å². The van der Waals surface area contributed by atoms with Gasteiger partial charge in [-0.15, -0.1) is 0 Å². The molecule has 3 aliphatic carbocycles. The highest BCUT2D eigenvalue weighted by Crippen LogP contribution is 2.60. The maximum absolute atomic E-state index is 13.0. The van der Waals surface area contributed by atoms with E-state index in [0.717, 1.165) is 6.92 Å². The average molecular weight is 664 g/mol. The van der Waals surface area contributed by atoms with Crippen molar-refractivity contribution in [2.24, 2.45) is 11.8 Å². The number of hydrogen-bond acceptors (Lipinski definition) is 14. The van der Waals surface area contributed by atoms with Crippen molar-refractivity contribution >= 4 is 29.1 Å². The maximum atomic E-state index is 13.0. The molecule has 0 saturated heterocycles. The number of rotatable bonds is 6. The summed E-state index contributed by atoms with van der Waals surface area (Å²) in [5, 5.41) is 100. The minimum atomic E-state index is -3.76. The van der Waals surface area contributed by atoms with Crippen LogP contribution in [0, 0.1) is 11.8 Å². The van der Waals surface area contributed by atoms with Gasteiger partial charge in [0.15, 0.2) is 5.60 Å². The van der Waals surface area contributed by atoms with Gasteiger partial charge in [-0.3, -0.25) is 24.6 Å². The Morgan fingerprint density at radius 1 is 1.00 bits per heavy atom. The van der Waals surface area contributed by atoms with Crippen LogP contribution in [-0.2, 0) is 26.6 Å². The quantitative estimate of drug-likeness (QED) is 0.126. The van der Waals surface area contributed by atoms with Crippen molar-refractivity contribution in [2.75, 3.05) is 45.0 Å². The molecule has 47 heavy (non-hydrogen) atoms. The summed E-state index contributed by atoms with van der Waals surface area (Å²) in [4.78, 5) is 40.5. The molecule has 0 aliphatic heterocycles. The smallest absolute Gasteiger partial charge is 0.262 e. The summed E-state index contributed by atoms with van der Waals surface area (Å²) in [7, 11) is 6.24. The number of amides is 3. The van der Waals surface area contributed by atoms with E-state index >= 15 is 0 Å². The second kappa shape index (κ2) is 11.7. The predicted octanol–water partition coefficient (Wildman–Crippen LogP) is -1.24. The Balaban J connectivity index is 1.95. The summed E-state index contributed by atoms with van der Waals surface area (Å²) >= 11 is 0. The molecular weight excluding hydrogens is 618 g/mol. The van der Waals surface area contributed by atoms with Crippen LogP contribution in [0.5, 0.6) is 5.75 Å². The van der Waals surface area contributed by atoms with Gasteiger partial charge >= 0.3 is 0 Å². The molecule has 4 rings (SSSR count). The van der Waals surface area contributed by atoms with Crippen molar-refractivity contribution in [3.63, 3.8) is 0 Å². The molecule has 0 unspecified atom stereocenters. The predicted molar refractivity (Wildman–Crippen MR) is 168 cm³/mol. The Bertz CT molecular complexity index is 1570. The number of fused-ring (bicyclic) bond motifs is 3. The Hall–Kier alpha value is -3.77. The van der Waals surface area contributed by atoms with Crippen molar-refractivity contribution in [1.82, 2.24) is 15.5 Å². The minimum absolute atomic E-state index is 0.0722. The first-order chi connectivity index (χ1) is 21.4. The van der Waals surface area contributed by atoms with Crippen LogP contribution in [0.2, 0.25) is 0 Å². The van der Waals surface area contributed by atoms with Gasteiger partial charge in [-0.05, 0) is 65.3 Å². The molecule has 11 N–H and O–H groups in total. The molecule has 0 aromatic heterocycles. The molecule has 0 spiro atoms. The number of phenolic OH excluding ortho intramolecular Hbond substituents is 1. The molecule has 3 aliphatic rings. The van der Waals surface area contributed by atoms with Gasteiger partial charge in [0, 0.05) is 43.7 Å². The van der Waals surface area contributed by atoms with Gasteiger partial charge in [0.1, 0.15) is 22.8 Å². The fourth-order valence-corrected chi connectivity index (χ4v) is 7.09. The highest BCUT2D eigenvalue weighted by Gasteiger charge is 2.71. The monoisotopic (exact) mass is 663 g/mol. The largest absolute Gasteiger partial charge is 0.510 e. The molecule has 3 amide bonds. The molecule has 16 nitrogen and oxygen atoms in total. The number of benzene rings is 1. The van der Waals surface area contributed by atoms with E-state index in [-0.39, 0.29) is 30.6 Å². The van der Waals surface area contributed by atoms with E-state index in [2.05, 4.69) is 10.6 Å². The zero-order valence-electron chi connectivity index (χ0n) is 27.6. The molecule has 0 radical (unpaired) electrons. The summed E-state index contributed by atoms with van der Waals surface area (Å²) in [6.07, 6.45) is -0.364. The highest BCUT2D eigenvalue weighted by atomic mass is 16.5. The third-order valence-electron chi connectivity index (χ3n) is 9.06. The van der Waals surface area contributed by atoms with E-state index in [4.69, 9.17) is 0 Å². The Kier molecular flexibility index (Phi) is 9.00. The number of nitrogens with one attached hydrogen (secondary N) is 3. The third-order valence-corrected chi connectivity index (χ3v) is 9.06. The highest BCUT2D eigenvalue weighted by molar-refractivity contribution is 6.05. The molecule has 16 heteroatoms. The van der Waals surface area contributed by atoms with Crippen LogP contribution >= 0.6 is 0 Å². The van der Waals surface area contributed by atoms with E-state index in [9.17, 15) is 55.2 Å². The van der Waals surface area contributed by atoms with E-state index < -0.39 is 92.3 Å². The number of aliphatic hydroxyl groups is 7. The van der Waals surface area contributed by atoms with Crippen molar-refractivity contribution in [2.45, 2.75) is 69.3 Å². The Morgan fingerprint density at radius 2 is 1.60 bits per heavy atom. The van der Waals surface area contributed by atoms with Gasteiger partial charge in [0.2, 0.25) is 23.4 Å². The first-order valence-electron chi connectivity index (χ1n) is 15.0. The first kappa shape index (κ1) is 36.1. The second-order valence-electron chi connectivity index (χ2n) is 14.0. The normalized spacial score (nSPS) is 26.3. The molecule has 0 heterocycles. The number of hydrogen-bond donors (Lipinski definition) is 11. The molecule has 1 aromatic rings. The van der Waals surface area contributed by atoms with Crippen molar-refractivity contribution < 1.29 is 55.2 Å². The molecule has 0 bridgehead atoms. The number of likely N-dealkylation sites (N-methyl/N-ethyl adjacent to an activating group) is 1. The van der Waals surface area contributed by atoms with Crippen LogP contribution in [0.25, 0.3) is 0 Å². The van der Waals surface area contributed by atoms with E-state index in [0.29, 0.717) is 5.69 Å². The summed E-state index contributed by atoms with van der Waals surface area (Å²) in [6, 6.07) is 0.120. The van der Waals surface area contributed by atoms with Crippen LogP contribution in [0.4, 0.5) is 11.4 Å². The molecule has 0 saturated carbocycles. The average Bonchev–Trinajstić information content (AvgIpc) is 2.89. The molecule has 1 aromatic carbocycles. The Labute approximate surface area is 271 Å². The van der Waals surface area contributed by atoms with Gasteiger partial charge in [-0.25, -0.2) is 0 Å². The van der Waals surface area contributed by atoms with Crippen LogP contribution in [0.1, 0.15) is 45.2 Å². The van der Waals surface area contributed by atoms with Crippen LogP contribution < -0.4 is 20.9 Å². The standard InChI is InChI=1S/C31H45N5O11/c1-13(37)33-27(42)22-25(40)23(36(7)8)16-10-14-9-15-18(35(5)6)11-17(34-19(38)12-32-28(2,3)4)24(39)21(15)30(44,45)20(14)26(41)29(16,43)31(22,46)47/h11,14,16,23,32,39-41,43-47H,9-10,12H2,1-8H3,(H,34,38)(H,33,37,42)/t14-,16-,23-,29-/m0/s1. The number of anilines is 2. The number of imide groups is 1. The first-order valence-corrected chi connectivity index (χ1v) is 15.0. The zero-order chi connectivity index (χ0) is 35.8. The van der Waals surface area contributed by atoms with E-state index in [1.165, 1.54) is 25.1 Å². The molecular formula is C31H45N5O11. The van der Waals surface area contributed by atoms with Crippen LogP contribution in [0.15, 0.2) is 28.7 Å². The summed E-state index contributed by atoms with van der Waals surface area (Å²) in [5.41, 5.74) is -5.70. The molecule has 4 atom stereocenters. The topological polar surface area (TPSA) is 256 Å². The Morgan fingerprint density at radius 3 is 2.11 bits per heavy atom. The third kappa shape index (κ3) is 5.73. The van der Waals surface area contributed by atoms with Gasteiger partial charge in [0.25, 0.3) is 5.91 Å². The number of aliphatic hydroxyl groups excluding tert-OH is 2. The summed E-state index contributed by atoms with van der Waals surface area (Å²) in [5.74, 6) is -15.4. The lowest BCUT2D eigenvalue weighted by atomic mass is 9.56. The van der Waals surface area contributed by atoms with Crippen LogP contribution in [-0.4, -0.2) is 121 Å². The zero-order valence-corrected chi connectivity index (χ0v) is 27.6. The number of nitrogens with zero attached hydrogens (tertiary/aromatic N) is 2. The molecule has 0 fully saturated rings. The number of phenols is 1. The molecule has 260 valence electrons. The lowest BCUT2D eigenvalue weighted by Gasteiger charge is -2.57. The minimum Gasteiger partial charge on any atom is -0.510 e. The van der Waals surface area contributed by atoms with Gasteiger partial charge in [0.05, 0.1) is 23.8 Å². The number of carbonyl (C=O) groups excluding carboxylic acids is 3. The number of aromatic hydroxyl groups is 1.